The van der Waals surface area contributed by atoms with Gasteiger partial charge in [0, 0.05) is 18.5 Å². The maximum absolute atomic E-state index is 12.1. The molecular formula is C12H21N3OS. The fourth-order valence-electron chi connectivity index (χ4n) is 1.48. The van der Waals surface area contributed by atoms with Crippen LogP contribution in [0.4, 0.5) is 5.13 Å². The molecule has 0 saturated carbocycles. The number of carbonyl (C=O) groups is 1. The number of nitrogens with zero attached hydrogens (tertiary/aromatic N) is 2. The molecule has 1 aromatic heterocycles. The van der Waals surface area contributed by atoms with Gasteiger partial charge in [0.2, 0.25) is 5.91 Å². The Morgan fingerprint density at radius 3 is 2.59 bits per heavy atom. The first kappa shape index (κ1) is 14.0. The normalized spacial score (nSPS) is 13.5. The van der Waals surface area contributed by atoms with Crippen LogP contribution in [-0.2, 0) is 11.2 Å². The van der Waals surface area contributed by atoms with Crippen LogP contribution in [0.2, 0.25) is 0 Å². The van der Waals surface area contributed by atoms with Crippen LogP contribution in [0.1, 0.15) is 33.4 Å². The average molecular weight is 255 g/mol. The van der Waals surface area contributed by atoms with Crippen molar-refractivity contribution in [2.45, 2.75) is 40.2 Å². The highest BCUT2D eigenvalue weighted by molar-refractivity contribution is 7.13. The number of hydrogen-bond acceptors (Lipinski definition) is 4. The molecule has 1 amide bonds. The van der Waals surface area contributed by atoms with Gasteiger partial charge < -0.3 is 10.6 Å². The highest BCUT2D eigenvalue weighted by Gasteiger charge is 2.27. The summed E-state index contributed by atoms with van der Waals surface area (Å²) in [4.78, 5) is 18.0. The summed E-state index contributed by atoms with van der Waals surface area (Å²) in [7, 11) is 1.84. The van der Waals surface area contributed by atoms with E-state index in [0.29, 0.717) is 11.6 Å². The van der Waals surface area contributed by atoms with Crippen molar-refractivity contribution < 1.29 is 4.79 Å². The molecule has 4 nitrogen and oxygen atoms in total. The standard InChI is InChI=1S/C12H21N3OS/c1-8(12(2,3)4)15(5)10(16)6-9-7-17-11(13)14-9/h7-8H,6H2,1-5H3,(H2,13,14). The van der Waals surface area contributed by atoms with E-state index in [9.17, 15) is 4.79 Å². The largest absolute Gasteiger partial charge is 0.375 e. The van der Waals surface area contributed by atoms with E-state index in [1.807, 2.05) is 12.4 Å². The zero-order valence-corrected chi connectivity index (χ0v) is 12.0. The number of anilines is 1. The molecule has 0 spiro atoms. The van der Waals surface area contributed by atoms with Crippen molar-refractivity contribution in [2.75, 3.05) is 12.8 Å². The summed E-state index contributed by atoms with van der Waals surface area (Å²) in [5.74, 6) is 0.0812. The first-order chi connectivity index (χ1) is 7.71. The van der Waals surface area contributed by atoms with Crippen molar-refractivity contribution in [3.63, 3.8) is 0 Å². The Morgan fingerprint density at radius 2 is 2.18 bits per heavy atom. The van der Waals surface area contributed by atoms with Gasteiger partial charge in [-0.1, -0.05) is 20.8 Å². The van der Waals surface area contributed by atoms with Crippen molar-refractivity contribution >= 4 is 22.4 Å². The Morgan fingerprint density at radius 1 is 1.59 bits per heavy atom. The predicted molar refractivity (Wildman–Crippen MR) is 71.9 cm³/mol. The predicted octanol–water partition coefficient (Wildman–Crippen LogP) is 2.16. The molecule has 1 atom stereocenters. The zero-order chi connectivity index (χ0) is 13.2. The Kier molecular flexibility index (Phi) is 4.14. The minimum absolute atomic E-state index is 0.0749. The second kappa shape index (κ2) is 5.04. The third-order valence-electron chi connectivity index (χ3n) is 3.13. The molecule has 0 aliphatic rings. The van der Waals surface area contributed by atoms with E-state index in [1.54, 1.807) is 4.90 Å². The highest BCUT2D eigenvalue weighted by atomic mass is 32.1. The van der Waals surface area contributed by atoms with Crippen LogP contribution < -0.4 is 5.73 Å². The molecule has 5 heteroatoms. The van der Waals surface area contributed by atoms with E-state index < -0.39 is 0 Å². The Balaban J connectivity index is 2.65. The maximum atomic E-state index is 12.1. The molecular weight excluding hydrogens is 234 g/mol. The summed E-state index contributed by atoms with van der Waals surface area (Å²) in [6.45, 7) is 8.44. The lowest BCUT2D eigenvalue weighted by Gasteiger charge is -2.35. The maximum Gasteiger partial charge on any atom is 0.228 e. The molecule has 1 unspecified atom stereocenters. The lowest BCUT2D eigenvalue weighted by Crippen LogP contribution is -2.43. The van der Waals surface area contributed by atoms with Gasteiger partial charge in [-0.3, -0.25) is 4.79 Å². The third-order valence-corrected chi connectivity index (χ3v) is 3.85. The number of carbonyl (C=O) groups excluding carboxylic acids is 1. The molecule has 1 aromatic rings. The zero-order valence-electron chi connectivity index (χ0n) is 11.2. The average Bonchev–Trinajstić information content (AvgIpc) is 2.60. The molecule has 17 heavy (non-hydrogen) atoms. The lowest BCUT2D eigenvalue weighted by molar-refractivity contribution is -0.132. The van der Waals surface area contributed by atoms with E-state index in [0.717, 1.165) is 5.69 Å². The smallest absolute Gasteiger partial charge is 0.228 e. The lowest BCUT2D eigenvalue weighted by atomic mass is 9.87. The van der Waals surface area contributed by atoms with E-state index in [-0.39, 0.29) is 17.4 Å². The molecule has 0 aromatic carbocycles. The van der Waals surface area contributed by atoms with E-state index >= 15 is 0 Å². The molecule has 1 heterocycles. The molecule has 1 rings (SSSR count). The van der Waals surface area contributed by atoms with Crippen LogP contribution in [0.25, 0.3) is 0 Å². The summed E-state index contributed by atoms with van der Waals surface area (Å²) < 4.78 is 0. The van der Waals surface area contributed by atoms with Crippen LogP contribution >= 0.6 is 11.3 Å². The summed E-state index contributed by atoms with van der Waals surface area (Å²) in [5, 5.41) is 2.35. The van der Waals surface area contributed by atoms with Crippen molar-refractivity contribution in [1.29, 1.82) is 0 Å². The van der Waals surface area contributed by atoms with Gasteiger partial charge in [-0.15, -0.1) is 11.3 Å². The minimum Gasteiger partial charge on any atom is -0.375 e. The van der Waals surface area contributed by atoms with Gasteiger partial charge in [0.05, 0.1) is 12.1 Å². The number of nitrogen functional groups attached to an aromatic ring is 1. The Bertz CT molecular complexity index is 395. The van der Waals surface area contributed by atoms with Gasteiger partial charge in [0.25, 0.3) is 0 Å². The molecule has 0 radical (unpaired) electrons. The quantitative estimate of drug-likeness (QED) is 0.900. The number of aromatic nitrogens is 1. The topological polar surface area (TPSA) is 59.2 Å². The Labute approximate surface area is 107 Å². The third kappa shape index (κ3) is 3.70. The second-order valence-electron chi connectivity index (χ2n) is 5.40. The molecule has 0 aliphatic carbocycles. The summed E-state index contributed by atoms with van der Waals surface area (Å²) in [6, 6.07) is 0.186. The van der Waals surface area contributed by atoms with Crippen LogP contribution in [0.5, 0.6) is 0 Å². The number of hydrogen-bond donors (Lipinski definition) is 1. The fraction of sp³-hybridized carbons (Fsp3) is 0.667. The summed E-state index contributed by atoms with van der Waals surface area (Å²) in [5.41, 5.74) is 6.37. The van der Waals surface area contributed by atoms with Gasteiger partial charge in [0.1, 0.15) is 0 Å². The van der Waals surface area contributed by atoms with Gasteiger partial charge in [-0.2, -0.15) is 0 Å². The number of nitrogens with two attached hydrogens (primary N) is 1. The molecule has 2 N–H and O–H groups in total. The molecule has 0 bridgehead atoms. The van der Waals surface area contributed by atoms with E-state index in [4.69, 9.17) is 5.73 Å². The fourth-order valence-corrected chi connectivity index (χ4v) is 2.04. The van der Waals surface area contributed by atoms with Crippen molar-refractivity contribution in [3.8, 4) is 0 Å². The highest BCUT2D eigenvalue weighted by Crippen LogP contribution is 2.23. The van der Waals surface area contributed by atoms with Crippen molar-refractivity contribution in [1.82, 2.24) is 9.88 Å². The van der Waals surface area contributed by atoms with E-state index in [2.05, 4.69) is 32.7 Å². The first-order valence-corrected chi connectivity index (χ1v) is 6.55. The Hall–Kier alpha value is -1.10. The first-order valence-electron chi connectivity index (χ1n) is 5.67. The SMILES string of the molecule is CC(N(C)C(=O)Cc1csc(N)n1)C(C)(C)C. The van der Waals surface area contributed by atoms with Gasteiger partial charge in [-0.05, 0) is 12.3 Å². The second-order valence-corrected chi connectivity index (χ2v) is 6.29. The summed E-state index contributed by atoms with van der Waals surface area (Å²) >= 11 is 1.37. The molecule has 0 fully saturated rings. The van der Waals surface area contributed by atoms with Gasteiger partial charge >= 0.3 is 0 Å². The van der Waals surface area contributed by atoms with Crippen molar-refractivity contribution in [3.05, 3.63) is 11.1 Å². The number of thiazole rings is 1. The van der Waals surface area contributed by atoms with Gasteiger partial charge in [-0.25, -0.2) is 4.98 Å². The minimum atomic E-state index is 0.0749. The van der Waals surface area contributed by atoms with Gasteiger partial charge in [0.15, 0.2) is 5.13 Å². The van der Waals surface area contributed by atoms with Crippen LogP contribution in [0, 0.1) is 5.41 Å². The van der Waals surface area contributed by atoms with Crippen LogP contribution in [0.3, 0.4) is 0 Å². The van der Waals surface area contributed by atoms with Crippen molar-refractivity contribution in [2.24, 2.45) is 5.41 Å². The molecule has 96 valence electrons. The van der Waals surface area contributed by atoms with E-state index in [1.165, 1.54) is 11.3 Å². The van der Waals surface area contributed by atoms with Crippen LogP contribution in [0.15, 0.2) is 5.38 Å². The monoisotopic (exact) mass is 255 g/mol. The number of amides is 1. The number of likely N-dealkylation sites (N-methyl/N-ethyl adjacent to an activating group) is 1. The summed E-state index contributed by atoms with van der Waals surface area (Å²) in [6.07, 6.45) is 0.324. The molecule has 0 saturated heterocycles. The number of rotatable bonds is 3. The van der Waals surface area contributed by atoms with Crippen LogP contribution in [-0.4, -0.2) is 28.9 Å². The molecule has 0 aliphatic heterocycles.